The number of benzene rings is 9. The Bertz CT molecular complexity index is 3940. The monoisotopic (exact) mass is 954 g/mol. The van der Waals surface area contributed by atoms with Gasteiger partial charge in [-0.2, -0.15) is 0 Å². The van der Waals surface area contributed by atoms with E-state index in [4.69, 9.17) is 19.4 Å². The van der Waals surface area contributed by atoms with Crippen LogP contribution < -0.4 is 9.47 Å². The molecular weight excluding hydrogens is 913 g/mol. The summed E-state index contributed by atoms with van der Waals surface area (Å²) in [5.74, 6) is 3.77. The molecule has 0 amide bonds. The van der Waals surface area contributed by atoms with Crippen LogP contribution in [0.2, 0.25) is 0 Å². The lowest BCUT2D eigenvalue weighted by Crippen LogP contribution is -2.03. The fourth-order valence-electron chi connectivity index (χ4n) is 8.52. The van der Waals surface area contributed by atoms with E-state index < -0.39 is 19.7 Å². The summed E-state index contributed by atoms with van der Waals surface area (Å²) in [4.78, 5) is 10.7. The summed E-state index contributed by atoms with van der Waals surface area (Å²) in [6.45, 7) is 1.91. The van der Waals surface area contributed by atoms with Crippen LogP contribution in [0.25, 0.3) is 61.7 Å². The number of fused-ring (bicyclic) bond motifs is 2. The second-order valence-corrected chi connectivity index (χ2v) is 20.7. The lowest BCUT2D eigenvalue weighted by Gasteiger charge is -2.12. The lowest BCUT2D eigenvalue weighted by atomic mass is 10.1. The molecule has 0 N–H and O–H groups in total. The standard InChI is InChI=1S/C58H42N4O6S2/c1-39-14-30-49(31-15-39)69(63,64)51-34-26-47(27-35-51)67-45-22-16-40(17-23-45)41-18-24-46(25-19-41)68-48-28-36-52(37-29-48)70(65,66)50-32-20-44(21-33-50)62-56-13-6-4-11-54(56)60-58(62)43-9-7-8-42(38-43)57-59-53-10-3-5-12-55(53)61(57)2/h3-38H,1-2H3. The first-order valence-corrected chi connectivity index (χ1v) is 25.4. The Morgan fingerprint density at radius 3 is 1.26 bits per heavy atom. The molecule has 0 radical (unpaired) electrons. The molecule has 2 aromatic heterocycles. The van der Waals surface area contributed by atoms with Gasteiger partial charge in [0.25, 0.3) is 0 Å². The number of sulfone groups is 2. The minimum Gasteiger partial charge on any atom is -0.457 e. The second kappa shape index (κ2) is 17.8. The van der Waals surface area contributed by atoms with Crippen molar-refractivity contribution in [2.24, 2.45) is 7.05 Å². The molecule has 0 saturated heterocycles. The number of ether oxygens (including phenoxy) is 2. The molecule has 0 spiro atoms. The van der Waals surface area contributed by atoms with Crippen LogP contribution in [0.4, 0.5) is 0 Å². The molecule has 0 aliphatic heterocycles. The molecule has 9 aromatic carbocycles. The van der Waals surface area contributed by atoms with Crippen molar-refractivity contribution in [2.45, 2.75) is 26.5 Å². The van der Waals surface area contributed by atoms with E-state index in [1.165, 1.54) is 0 Å². The third-order valence-electron chi connectivity index (χ3n) is 12.2. The van der Waals surface area contributed by atoms with Crippen molar-refractivity contribution in [1.29, 1.82) is 0 Å². The SMILES string of the molecule is Cc1ccc(S(=O)(=O)c2ccc(Oc3ccc(-c4ccc(Oc5ccc(S(=O)(=O)c6ccc(-n7c(-c8cccc(-c9nc%10ccccc%10n9C)c8)nc8ccccc87)cc6)cc5)cc4)cc3)cc2)cc1. The topological polar surface area (TPSA) is 122 Å². The van der Waals surface area contributed by atoms with Gasteiger partial charge in [0.1, 0.15) is 34.6 Å². The number of hydrogen-bond donors (Lipinski definition) is 0. The average Bonchev–Trinajstić information content (AvgIpc) is 3.95. The van der Waals surface area contributed by atoms with Gasteiger partial charge in [-0.05, 0) is 158 Å². The Kier molecular flexibility index (Phi) is 11.2. The largest absolute Gasteiger partial charge is 0.457 e. The van der Waals surface area contributed by atoms with Crippen LogP contribution in [0.3, 0.4) is 0 Å². The highest BCUT2D eigenvalue weighted by atomic mass is 32.2. The summed E-state index contributed by atoms with van der Waals surface area (Å²) in [7, 11) is -5.49. The van der Waals surface area contributed by atoms with E-state index in [1.807, 2.05) is 135 Å². The second-order valence-electron chi connectivity index (χ2n) is 16.8. The van der Waals surface area contributed by atoms with Gasteiger partial charge < -0.3 is 14.0 Å². The summed E-state index contributed by atoms with van der Waals surface area (Å²) in [6.07, 6.45) is 0. The van der Waals surface area contributed by atoms with Crippen molar-refractivity contribution in [3.63, 3.8) is 0 Å². The molecule has 70 heavy (non-hydrogen) atoms. The molecule has 342 valence electrons. The van der Waals surface area contributed by atoms with Crippen LogP contribution in [0.5, 0.6) is 23.0 Å². The van der Waals surface area contributed by atoms with Crippen molar-refractivity contribution in [2.75, 3.05) is 0 Å². The number of para-hydroxylation sites is 4. The van der Waals surface area contributed by atoms with E-state index in [1.54, 1.807) is 84.9 Å². The summed E-state index contributed by atoms with van der Waals surface area (Å²) in [5, 5.41) is 0. The van der Waals surface area contributed by atoms with Crippen LogP contribution in [0, 0.1) is 6.92 Å². The van der Waals surface area contributed by atoms with Gasteiger partial charge in [-0.15, -0.1) is 0 Å². The highest BCUT2D eigenvalue weighted by Crippen LogP contribution is 2.35. The van der Waals surface area contributed by atoms with E-state index in [9.17, 15) is 16.8 Å². The van der Waals surface area contributed by atoms with Gasteiger partial charge >= 0.3 is 0 Å². The van der Waals surface area contributed by atoms with Gasteiger partial charge in [-0.1, -0.05) is 84.4 Å². The van der Waals surface area contributed by atoms with E-state index >= 15 is 0 Å². The van der Waals surface area contributed by atoms with Crippen LogP contribution in [-0.2, 0) is 26.7 Å². The molecule has 0 aliphatic carbocycles. The van der Waals surface area contributed by atoms with E-state index in [0.29, 0.717) is 23.0 Å². The van der Waals surface area contributed by atoms with E-state index in [0.717, 1.165) is 67.2 Å². The Balaban J connectivity index is 0.755. The molecule has 0 unspecified atom stereocenters. The number of aryl methyl sites for hydroxylation is 2. The number of aromatic nitrogens is 4. The predicted octanol–water partition coefficient (Wildman–Crippen LogP) is 13.5. The third-order valence-corrected chi connectivity index (χ3v) is 15.8. The third kappa shape index (κ3) is 8.40. The minimum atomic E-state index is -3.87. The van der Waals surface area contributed by atoms with Crippen molar-refractivity contribution in [3.8, 4) is 62.6 Å². The van der Waals surface area contributed by atoms with Gasteiger partial charge in [-0.3, -0.25) is 4.57 Å². The molecule has 0 aliphatic rings. The predicted molar refractivity (Wildman–Crippen MR) is 273 cm³/mol. The highest BCUT2D eigenvalue weighted by molar-refractivity contribution is 7.91. The zero-order valence-electron chi connectivity index (χ0n) is 37.8. The summed E-state index contributed by atoms with van der Waals surface area (Å²) >= 11 is 0. The molecule has 2 heterocycles. The molecule has 0 atom stereocenters. The van der Waals surface area contributed by atoms with Crippen LogP contribution >= 0.6 is 0 Å². The van der Waals surface area contributed by atoms with Gasteiger partial charge in [0, 0.05) is 23.9 Å². The Morgan fingerprint density at radius 2 is 0.771 bits per heavy atom. The maximum Gasteiger partial charge on any atom is 0.206 e. The quantitative estimate of drug-likeness (QED) is 0.119. The minimum absolute atomic E-state index is 0.144. The first-order chi connectivity index (χ1) is 34.0. The normalized spacial score (nSPS) is 11.8. The Morgan fingerprint density at radius 1 is 0.386 bits per heavy atom. The zero-order chi connectivity index (χ0) is 48.0. The fraction of sp³-hybridized carbons (Fsp3) is 0.0345. The van der Waals surface area contributed by atoms with Gasteiger partial charge in [-0.25, -0.2) is 26.8 Å². The van der Waals surface area contributed by atoms with E-state index in [-0.39, 0.29) is 19.6 Å². The van der Waals surface area contributed by atoms with Gasteiger partial charge in [0.15, 0.2) is 0 Å². The fourth-order valence-corrected chi connectivity index (χ4v) is 11.0. The Hall–Kier alpha value is -8.58. The van der Waals surface area contributed by atoms with Gasteiger partial charge in [0.2, 0.25) is 19.7 Å². The Labute approximate surface area is 405 Å². The molecule has 11 aromatic rings. The smallest absolute Gasteiger partial charge is 0.206 e. The molecule has 11 rings (SSSR count). The highest BCUT2D eigenvalue weighted by Gasteiger charge is 2.21. The maximum atomic E-state index is 14.0. The maximum absolute atomic E-state index is 14.0. The van der Waals surface area contributed by atoms with Gasteiger partial charge in [0.05, 0.1) is 41.6 Å². The number of nitrogens with zero attached hydrogens (tertiary/aromatic N) is 4. The first kappa shape index (κ1) is 44.0. The van der Waals surface area contributed by atoms with Crippen LogP contribution in [0.15, 0.2) is 238 Å². The number of rotatable bonds is 12. The van der Waals surface area contributed by atoms with Crippen molar-refractivity contribution >= 4 is 41.7 Å². The molecule has 12 heteroatoms. The lowest BCUT2D eigenvalue weighted by molar-refractivity contribution is 0.481. The first-order valence-electron chi connectivity index (χ1n) is 22.4. The van der Waals surface area contributed by atoms with Crippen molar-refractivity contribution in [3.05, 3.63) is 224 Å². The number of imidazole rings is 2. The molecule has 0 saturated carbocycles. The van der Waals surface area contributed by atoms with E-state index in [2.05, 4.69) is 21.3 Å². The molecule has 0 fully saturated rings. The summed E-state index contributed by atoms with van der Waals surface area (Å²) in [5.41, 5.74) is 9.20. The molecule has 10 nitrogen and oxygen atoms in total. The zero-order valence-corrected chi connectivity index (χ0v) is 39.5. The number of hydrogen-bond acceptors (Lipinski definition) is 8. The molecule has 0 bridgehead atoms. The average molecular weight is 955 g/mol. The van der Waals surface area contributed by atoms with Crippen molar-refractivity contribution < 1.29 is 26.3 Å². The van der Waals surface area contributed by atoms with Crippen LogP contribution in [-0.4, -0.2) is 35.9 Å². The molecular formula is C58H42N4O6S2. The van der Waals surface area contributed by atoms with Crippen LogP contribution in [0.1, 0.15) is 5.56 Å². The summed E-state index contributed by atoms with van der Waals surface area (Å²) in [6, 6.07) is 65.8. The van der Waals surface area contributed by atoms with Crippen molar-refractivity contribution in [1.82, 2.24) is 19.1 Å². The summed E-state index contributed by atoms with van der Waals surface area (Å²) < 4.78 is 70.3.